The first-order chi connectivity index (χ1) is 7.29. The van der Waals surface area contributed by atoms with Crippen LogP contribution in [0, 0.1) is 4.77 Å². The summed E-state index contributed by atoms with van der Waals surface area (Å²) < 4.78 is 10.9. The van der Waals surface area contributed by atoms with Gasteiger partial charge in [-0.2, -0.15) is 4.98 Å². The molecule has 0 saturated carbocycles. The molecule has 2 aromatic rings. The molecular formula is C10H10N2O2S. The van der Waals surface area contributed by atoms with Crippen LogP contribution in [0.15, 0.2) is 28.9 Å². The Morgan fingerprint density at radius 3 is 3.13 bits per heavy atom. The van der Waals surface area contributed by atoms with E-state index in [1.54, 1.807) is 12.3 Å². The van der Waals surface area contributed by atoms with Crippen molar-refractivity contribution >= 4 is 12.2 Å². The molecule has 0 saturated heterocycles. The van der Waals surface area contributed by atoms with E-state index in [1.807, 2.05) is 19.1 Å². The molecule has 0 spiro atoms. The van der Waals surface area contributed by atoms with Crippen molar-refractivity contribution in [1.82, 2.24) is 9.97 Å². The minimum absolute atomic E-state index is 0.382. The van der Waals surface area contributed by atoms with Crippen LogP contribution in [-0.2, 0) is 0 Å². The lowest BCUT2D eigenvalue weighted by atomic mass is 10.3. The maximum atomic E-state index is 5.29. The Morgan fingerprint density at radius 2 is 2.47 bits per heavy atom. The molecule has 1 N–H and O–H groups in total. The van der Waals surface area contributed by atoms with Gasteiger partial charge in [-0.05, 0) is 31.3 Å². The zero-order chi connectivity index (χ0) is 10.7. The molecule has 0 fully saturated rings. The summed E-state index contributed by atoms with van der Waals surface area (Å²) in [5.41, 5.74) is 0.767. The van der Waals surface area contributed by atoms with E-state index in [0.717, 1.165) is 5.69 Å². The summed E-state index contributed by atoms with van der Waals surface area (Å²) in [5, 5.41) is 0. The van der Waals surface area contributed by atoms with Gasteiger partial charge >= 0.3 is 0 Å². The summed E-state index contributed by atoms with van der Waals surface area (Å²) in [6.45, 7) is 2.46. The summed E-state index contributed by atoms with van der Waals surface area (Å²) in [4.78, 5) is 6.97. The molecule has 0 bridgehead atoms. The number of hydrogen-bond acceptors (Lipinski definition) is 4. The summed E-state index contributed by atoms with van der Waals surface area (Å²) in [6, 6.07) is 5.42. The van der Waals surface area contributed by atoms with Crippen molar-refractivity contribution in [2.75, 3.05) is 6.61 Å². The van der Waals surface area contributed by atoms with E-state index >= 15 is 0 Å². The van der Waals surface area contributed by atoms with E-state index in [9.17, 15) is 0 Å². The monoisotopic (exact) mass is 222 g/mol. The van der Waals surface area contributed by atoms with Gasteiger partial charge in [-0.1, -0.05) is 0 Å². The Labute approximate surface area is 91.9 Å². The average Bonchev–Trinajstić information content (AvgIpc) is 2.70. The molecule has 2 aromatic heterocycles. The first-order valence-electron chi connectivity index (χ1n) is 4.57. The second-order valence-electron chi connectivity index (χ2n) is 2.85. The van der Waals surface area contributed by atoms with Gasteiger partial charge in [0.25, 0.3) is 0 Å². The van der Waals surface area contributed by atoms with Crippen molar-refractivity contribution < 1.29 is 9.15 Å². The molecule has 0 aliphatic heterocycles. The topological polar surface area (TPSA) is 51.0 Å². The van der Waals surface area contributed by atoms with Crippen LogP contribution < -0.4 is 4.74 Å². The fraction of sp³-hybridized carbons (Fsp3) is 0.200. The molecule has 78 valence electrons. The lowest BCUT2D eigenvalue weighted by Gasteiger charge is -2.03. The van der Waals surface area contributed by atoms with Crippen molar-refractivity contribution in [1.29, 1.82) is 0 Å². The predicted octanol–water partition coefficient (Wildman–Crippen LogP) is 2.80. The highest BCUT2D eigenvalue weighted by molar-refractivity contribution is 7.71. The molecule has 0 amide bonds. The third kappa shape index (κ3) is 2.24. The molecule has 0 aliphatic rings. The zero-order valence-electron chi connectivity index (χ0n) is 8.19. The number of nitrogens with one attached hydrogen (secondary N) is 1. The van der Waals surface area contributed by atoms with Gasteiger partial charge in [0.15, 0.2) is 0 Å². The molecule has 5 heteroatoms. The van der Waals surface area contributed by atoms with E-state index in [-0.39, 0.29) is 0 Å². The van der Waals surface area contributed by atoms with Gasteiger partial charge in [0.2, 0.25) is 10.7 Å². The number of hydrogen-bond donors (Lipinski definition) is 1. The minimum Gasteiger partial charge on any atom is -0.478 e. The third-order valence-electron chi connectivity index (χ3n) is 1.80. The SMILES string of the molecule is CCOc1cc(-c2ccco2)[nH]c(=S)n1. The quantitative estimate of drug-likeness (QED) is 0.811. The van der Waals surface area contributed by atoms with Crippen LogP contribution in [0.4, 0.5) is 0 Å². The van der Waals surface area contributed by atoms with E-state index in [1.165, 1.54) is 0 Å². The molecule has 2 rings (SSSR count). The number of aromatic amines is 1. The Kier molecular flexibility index (Phi) is 2.82. The Bertz CT molecular complexity index is 490. The average molecular weight is 222 g/mol. The maximum absolute atomic E-state index is 5.29. The van der Waals surface area contributed by atoms with Crippen LogP contribution in [0.3, 0.4) is 0 Å². The van der Waals surface area contributed by atoms with Gasteiger partial charge in [0.05, 0.1) is 18.6 Å². The van der Waals surface area contributed by atoms with E-state index in [4.69, 9.17) is 21.4 Å². The van der Waals surface area contributed by atoms with Crippen molar-refractivity contribution in [3.8, 4) is 17.3 Å². The Morgan fingerprint density at radius 1 is 1.60 bits per heavy atom. The molecule has 0 radical (unpaired) electrons. The number of furan rings is 1. The number of nitrogens with zero attached hydrogens (tertiary/aromatic N) is 1. The molecule has 0 aliphatic carbocycles. The molecule has 0 aromatic carbocycles. The zero-order valence-corrected chi connectivity index (χ0v) is 9.00. The van der Waals surface area contributed by atoms with E-state index < -0.39 is 0 Å². The van der Waals surface area contributed by atoms with Gasteiger partial charge in [-0.25, -0.2) is 0 Å². The largest absolute Gasteiger partial charge is 0.478 e. The van der Waals surface area contributed by atoms with Gasteiger partial charge in [-0.15, -0.1) is 0 Å². The van der Waals surface area contributed by atoms with Crippen LogP contribution in [0.5, 0.6) is 5.88 Å². The first-order valence-corrected chi connectivity index (χ1v) is 4.98. The Hall–Kier alpha value is -1.62. The number of rotatable bonds is 3. The van der Waals surface area contributed by atoms with Crippen molar-refractivity contribution in [2.24, 2.45) is 0 Å². The smallest absolute Gasteiger partial charge is 0.218 e. The standard InChI is InChI=1S/C10H10N2O2S/c1-2-13-9-6-7(11-10(15)12-9)8-4-3-5-14-8/h3-6H,2H2,1H3,(H,11,12,15). The molecule has 15 heavy (non-hydrogen) atoms. The van der Waals surface area contributed by atoms with Crippen LogP contribution >= 0.6 is 12.2 Å². The highest BCUT2D eigenvalue weighted by Crippen LogP contribution is 2.20. The van der Waals surface area contributed by atoms with Gasteiger partial charge < -0.3 is 14.1 Å². The van der Waals surface area contributed by atoms with Crippen LogP contribution in [-0.4, -0.2) is 16.6 Å². The molecule has 0 unspecified atom stereocenters. The van der Waals surface area contributed by atoms with Crippen molar-refractivity contribution in [3.05, 3.63) is 29.2 Å². The van der Waals surface area contributed by atoms with Crippen LogP contribution in [0.2, 0.25) is 0 Å². The second kappa shape index (κ2) is 4.27. The summed E-state index contributed by atoms with van der Waals surface area (Å²) in [7, 11) is 0. The maximum Gasteiger partial charge on any atom is 0.218 e. The predicted molar refractivity (Wildman–Crippen MR) is 58.3 cm³/mol. The number of ether oxygens (including phenoxy) is 1. The van der Waals surface area contributed by atoms with Gasteiger partial charge in [0.1, 0.15) is 5.76 Å². The second-order valence-corrected chi connectivity index (χ2v) is 3.24. The number of aromatic nitrogens is 2. The fourth-order valence-electron chi connectivity index (χ4n) is 1.22. The summed E-state index contributed by atoms with van der Waals surface area (Å²) >= 11 is 4.99. The molecule has 4 nitrogen and oxygen atoms in total. The molecule has 2 heterocycles. The fourth-order valence-corrected chi connectivity index (χ4v) is 1.42. The molecule has 0 atom stereocenters. The normalized spacial score (nSPS) is 10.2. The van der Waals surface area contributed by atoms with Gasteiger partial charge in [-0.3, -0.25) is 0 Å². The summed E-state index contributed by atoms with van der Waals surface area (Å²) in [5.74, 6) is 1.22. The van der Waals surface area contributed by atoms with Crippen LogP contribution in [0.1, 0.15) is 6.92 Å². The third-order valence-corrected chi connectivity index (χ3v) is 1.99. The van der Waals surface area contributed by atoms with E-state index in [0.29, 0.717) is 23.0 Å². The highest BCUT2D eigenvalue weighted by Gasteiger charge is 2.04. The lowest BCUT2D eigenvalue weighted by molar-refractivity contribution is 0.325. The first kappa shape index (κ1) is 9.92. The van der Waals surface area contributed by atoms with Gasteiger partial charge in [0, 0.05) is 6.07 Å². The minimum atomic E-state index is 0.382. The lowest BCUT2D eigenvalue weighted by Crippen LogP contribution is -1.96. The molecular weight excluding hydrogens is 212 g/mol. The Balaban J connectivity index is 2.44. The summed E-state index contributed by atoms with van der Waals surface area (Å²) in [6.07, 6.45) is 1.60. The number of H-pyrrole nitrogens is 1. The van der Waals surface area contributed by atoms with Crippen molar-refractivity contribution in [2.45, 2.75) is 6.92 Å². The van der Waals surface area contributed by atoms with Crippen LogP contribution in [0.25, 0.3) is 11.5 Å². The highest BCUT2D eigenvalue weighted by atomic mass is 32.1. The van der Waals surface area contributed by atoms with E-state index in [2.05, 4.69) is 9.97 Å². The van der Waals surface area contributed by atoms with Crippen molar-refractivity contribution in [3.63, 3.8) is 0 Å².